The number of thioether (sulfide) groups is 1. The van der Waals surface area contributed by atoms with Gasteiger partial charge in [-0.05, 0) is 60.5 Å². The molecular weight excluding hydrogens is 466 g/mol. The number of nitrogens with one attached hydrogen (secondary N) is 2. The zero-order valence-corrected chi connectivity index (χ0v) is 21.0. The first-order chi connectivity index (χ1) is 16.7. The third kappa shape index (κ3) is 6.73. The molecule has 1 atom stereocenters. The number of rotatable bonds is 9. The number of imide groups is 1. The molecule has 0 bridgehead atoms. The second kappa shape index (κ2) is 11.7. The molecule has 2 aromatic rings. The zero-order chi connectivity index (χ0) is 25.5. The van der Waals surface area contributed by atoms with Crippen molar-refractivity contribution >= 4 is 40.8 Å². The third-order valence-electron chi connectivity index (χ3n) is 5.47. The summed E-state index contributed by atoms with van der Waals surface area (Å²) in [4.78, 5) is 51.9. The van der Waals surface area contributed by atoms with Gasteiger partial charge in [-0.3, -0.25) is 24.1 Å². The molecule has 1 fully saturated rings. The maximum atomic E-state index is 12.8. The highest BCUT2D eigenvalue weighted by molar-refractivity contribution is 8.18. The highest BCUT2D eigenvalue weighted by atomic mass is 32.2. The van der Waals surface area contributed by atoms with Crippen molar-refractivity contribution in [3.05, 3.63) is 70.1 Å². The largest absolute Gasteiger partial charge is 0.497 e. The highest BCUT2D eigenvalue weighted by Crippen LogP contribution is 2.31. The van der Waals surface area contributed by atoms with Crippen LogP contribution in [-0.2, 0) is 9.59 Å². The van der Waals surface area contributed by atoms with Crippen LogP contribution in [0.5, 0.6) is 5.75 Å². The van der Waals surface area contributed by atoms with E-state index in [2.05, 4.69) is 10.6 Å². The Kier molecular flexibility index (Phi) is 8.70. The van der Waals surface area contributed by atoms with Gasteiger partial charge in [0.05, 0.1) is 12.0 Å². The molecule has 0 saturated carbocycles. The van der Waals surface area contributed by atoms with Gasteiger partial charge in [-0.1, -0.05) is 43.7 Å². The lowest BCUT2D eigenvalue weighted by atomic mass is 10.0. The van der Waals surface area contributed by atoms with Gasteiger partial charge in [-0.2, -0.15) is 0 Å². The molecule has 4 amide bonds. The van der Waals surface area contributed by atoms with Gasteiger partial charge in [0, 0.05) is 18.7 Å². The molecule has 184 valence electrons. The number of carbonyl (C=O) groups excluding carboxylic acids is 4. The zero-order valence-electron chi connectivity index (χ0n) is 20.2. The van der Waals surface area contributed by atoms with Crippen molar-refractivity contribution in [2.24, 2.45) is 5.92 Å². The first-order valence-corrected chi connectivity index (χ1v) is 12.1. The number of benzene rings is 2. The summed E-state index contributed by atoms with van der Waals surface area (Å²) in [5, 5.41) is 5.10. The van der Waals surface area contributed by atoms with Crippen LogP contribution >= 0.6 is 11.8 Å². The van der Waals surface area contributed by atoms with E-state index in [1.54, 1.807) is 30.3 Å². The van der Waals surface area contributed by atoms with Crippen molar-refractivity contribution in [1.82, 2.24) is 15.5 Å². The van der Waals surface area contributed by atoms with E-state index < -0.39 is 6.04 Å². The number of carbonyl (C=O) groups is 4. The summed E-state index contributed by atoms with van der Waals surface area (Å²) in [5.41, 5.74) is 2.34. The number of hydrogen-bond acceptors (Lipinski definition) is 6. The van der Waals surface area contributed by atoms with Gasteiger partial charge < -0.3 is 15.4 Å². The minimum absolute atomic E-state index is 0.0406. The average Bonchev–Trinajstić information content (AvgIpc) is 3.10. The Hall–Kier alpha value is -3.59. The Bertz CT molecular complexity index is 1130. The van der Waals surface area contributed by atoms with E-state index in [1.165, 1.54) is 7.11 Å². The maximum absolute atomic E-state index is 12.8. The normalized spacial score (nSPS) is 15.5. The van der Waals surface area contributed by atoms with Crippen molar-refractivity contribution in [2.45, 2.75) is 26.8 Å². The lowest BCUT2D eigenvalue weighted by Gasteiger charge is -2.22. The van der Waals surface area contributed by atoms with Crippen molar-refractivity contribution in [3.8, 4) is 5.75 Å². The molecule has 0 aliphatic carbocycles. The number of ether oxygens (including phenoxy) is 1. The van der Waals surface area contributed by atoms with E-state index in [1.807, 2.05) is 45.0 Å². The monoisotopic (exact) mass is 495 g/mol. The first kappa shape index (κ1) is 26.0. The quantitative estimate of drug-likeness (QED) is 0.515. The summed E-state index contributed by atoms with van der Waals surface area (Å²) in [6, 6.07) is 13.4. The lowest BCUT2D eigenvalue weighted by molar-refractivity contribution is -0.125. The molecule has 8 nitrogen and oxygen atoms in total. The van der Waals surface area contributed by atoms with Crippen LogP contribution in [-0.4, -0.2) is 54.1 Å². The topological polar surface area (TPSA) is 105 Å². The summed E-state index contributed by atoms with van der Waals surface area (Å²) >= 11 is 0.879. The SMILES string of the molecule is COc1ccc(C(=O)NC(C(=O)NCCN2C(=O)S/C(=C/c3ccc(C)cc3)C2=O)C(C)C)cc1. The minimum atomic E-state index is -0.777. The molecule has 3 rings (SSSR count). The van der Waals surface area contributed by atoms with E-state index >= 15 is 0 Å². The van der Waals surface area contributed by atoms with E-state index in [0.717, 1.165) is 27.8 Å². The lowest BCUT2D eigenvalue weighted by Crippen LogP contribution is -2.51. The molecule has 35 heavy (non-hydrogen) atoms. The molecule has 1 heterocycles. The highest BCUT2D eigenvalue weighted by Gasteiger charge is 2.35. The fourth-order valence-electron chi connectivity index (χ4n) is 3.41. The van der Waals surface area contributed by atoms with Gasteiger partial charge in [0.15, 0.2) is 0 Å². The number of methoxy groups -OCH3 is 1. The van der Waals surface area contributed by atoms with Crippen molar-refractivity contribution in [2.75, 3.05) is 20.2 Å². The Labute approximate surface area is 209 Å². The summed E-state index contributed by atoms with van der Waals surface area (Å²) < 4.78 is 5.10. The van der Waals surface area contributed by atoms with Crippen molar-refractivity contribution in [1.29, 1.82) is 0 Å². The van der Waals surface area contributed by atoms with Crippen LogP contribution in [0.4, 0.5) is 4.79 Å². The summed E-state index contributed by atoms with van der Waals surface area (Å²) in [5.74, 6) is -0.701. The van der Waals surface area contributed by atoms with Gasteiger partial charge in [-0.15, -0.1) is 0 Å². The Morgan fingerprint density at radius 1 is 1.06 bits per heavy atom. The van der Waals surface area contributed by atoms with Crippen LogP contribution in [0.25, 0.3) is 6.08 Å². The fraction of sp³-hybridized carbons (Fsp3) is 0.308. The number of hydrogen-bond donors (Lipinski definition) is 2. The minimum Gasteiger partial charge on any atom is -0.497 e. The predicted molar refractivity (Wildman–Crippen MR) is 136 cm³/mol. The van der Waals surface area contributed by atoms with Crippen LogP contribution in [0.2, 0.25) is 0 Å². The molecule has 1 aliphatic heterocycles. The molecule has 0 aromatic heterocycles. The van der Waals surface area contributed by atoms with Gasteiger partial charge in [-0.25, -0.2) is 0 Å². The summed E-state index contributed by atoms with van der Waals surface area (Å²) in [7, 11) is 1.54. The second-order valence-corrected chi connectivity index (χ2v) is 9.45. The molecule has 1 saturated heterocycles. The van der Waals surface area contributed by atoms with Gasteiger partial charge in [0.2, 0.25) is 5.91 Å². The van der Waals surface area contributed by atoms with Gasteiger partial charge in [0.25, 0.3) is 17.1 Å². The Morgan fingerprint density at radius 3 is 2.31 bits per heavy atom. The first-order valence-electron chi connectivity index (χ1n) is 11.2. The number of aryl methyl sites for hydroxylation is 1. The molecule has 0 radical (unpaired) electrons. The molecule has 0 spiro atoms. The molecule has 9 heteroatoms. The number of nitrogens with zero attached hydrogens (tertiary/aromatic N) is 1. The van der Waals surface area contributed by atoms with E-state index in [-0.39, 0.29) is 42.0 Å². The van der Waals surface area contributed by atoms with Crippen molar-refractivity contribution < 1.29 is 23.9 Å². The van der Waals surface area contributed by atoms with Crippen LogP contribution in [0.15, 0.2) is 53.4 Å². The summed E-state index contributed by atoms with van der Waals surface area (Å²) in [6.45, 7) is 5.74. The standard InChI is InChI=1S/C26H29N3O5S/c1-16(2)22(28-23(30)19-9-11-20(34-4)12-10-19)24(31)27-13-14-29-25(32)21(35-26(29)33)15-18-7-5-17(3)6-8-18/h5-12,15-16,22H,13-14H2,1-4H3,(H,27,31)(H,28,30)/b21-15+. The maximum Gasteiger partial charge on any atom is 0.293 e. The van der Waals surface area contributed by atoms with Crippen LogP contribution < -0.4 is 15.4 Å². The molecule has 2 aromatic carbocycles. The van der Waals surface area contributed by atoms with Crippen LogP contribution in [0.1, 0.15) is 35.3 Å². The predicted octanol–water partition coefficient (Wildman–Crippen LogP) is 3.61. The summed E-state index contributed by atoms with van der Waals surface area (Å²) in [6.07, 6.45) is 1.69. The second-order valence-electron chi connectivity index (χ2n) is 8.46. The molecule has 1 aliphatic rings. The van der Waals surface area contributed by atoms with E-state index in [4.69, 9.17) is 4.74 Å². The number of amides is 4. The molecule has 1 unspecified atom stereocenters. The van der Waals surface area contributed by atoms with Gasteiger partial charge in [0.1, 0.15) is 11.8 Å². The fourth-order valence-corrected chi connectivity index (χ4v) is 4.27. The molecular formula is C26H29N3O5S. The smallest absolute Gasteiger partial charge is 0.293 e. The Balaban J connectivity index is 1.56. The average molecular weight is 496 g/mol. The molecule has 2 N–H and O–H groups in total. The van der Waals surface area contributed by atoms with Crippen LogP contribution in [0.3, 0.4) is 0 Å². The van der Waals surface area contributed by atoms with Gasteiger partial charge >= 0.3 is 0 Å². The van der Waals surface area contributed by atoms with E-state index in [0.29, 0.717) is 16.2 Å². The van der Waals surface area contributed by atoms with Crippen molar-refractivity contribution in [3.63, 3.8) is 0 Å². The van der Waals surface area contributed by atoms with E-state index in [9.17, 15) is 19.2 Å². The third-order valence-corrected chi connectivity index (χ3v) is 6.38. The van der Waals surface area contributed by atoms with Crippen LogP contribution in [0, 0.1) is 12.8 Å². The Morgan fingerprint density at radius 2 is 1.71 bits per heavy atom.